The molecule has 0 amide bonds. The molecule has 1 aromatic heterocycles. The molecule has 0 radical (unpaired) electrons. The lowest BCUT2D eigenvalue weighted by Crippen LogP contribution is -2.44. The van der Waals surface area contributed by atoms with Crippen molar-refractivity contribution in [2.75, 3.05) is 39.4 Å². The molecule has 2 aliphatic rings. The van der Waals surface area contributed by atoms with Gasteiger partial charge in [0.1, 0.15) is 0 Å². The molecule has 0 spiro atoms. The van der Waals surface area contributed by atoms with Crippen molar-refractivity contribution in [3.63, 3.8) is 0 Å². The number of aromatic nitrogens is 2. The fourth-order valence-corrected chi connectivity index (χ4v) is 2.82. The first-order valence-corrected chi connectivity index (χ1v) is 6.72. The Morgan fingerprint density at radius 2 is 2.21 bits per heavy atom. The highest BCUT2D eigenvalue weighted by Crippen LogP contribution is 2.24. The van der Waals surface area contributed by atoms with Crippen molar-refractivity contribution in [1.82, 2.24) is 20.4 Å². The van der Waals surface area contributed by atoms with E-state index in [1.807, 2.05) is 0 Å². The lowest BCUT2D eigenvalue weighted by molar-refractivity contribution is -0.0210. The first kappa shape index (κ1) is 14.7. The lowest BCUT2D eigenvalue weighted by Gasteiger charge is -2.37. The van der Waals surface area contributed by atoms with Crippen LogP contribution in [0.5, 0.6) is 0 Å². The molecule has 1 aromatic rings. The average molecular weight is 289 g/mol. The molecular weight excluding hydrogens is 268 g/mol. The first-order chi connectivity index (χ1) is 8.93. The standard InChI is InChI=1S/C12H20N4O2.ClH/c1-3-13-4-2-10(1)7-16-5-6-17-8-11(16)12-14-9-18-15-12;/h9-11,13H,1-8H2;1H. The number of halogens is 1. The molecule has 1 unspecified atom stereocenters. The van der Waals surface area contributed by atoms with E-state index in [1.54, 1.807) is 0 Å². The van der Waals surface area contributed by atoms with Crippen LogP contribution in [-0.4, -0.2) is 54.4 Å². The number of nitrogens with zero attached hydrogens (tertiary/aromatic N) is 3. The van der Waals surface area contributed by atoms with Crippen LogP contribution in [0.15, 0.2) is 10.9 Å². The highest BCUT2D eigenvalue weighted by atomic mass is 35.5. The van der Waals surface area contributed by atoms with E-state index in [1.165, 1.54) is 19.2 Å². The first-order valence-electron chi connectivity index (χ1n) is 6.72. The Morgan fingerprint density at radius 1 is 1.37 bits per heavy atom. The molecule has 0 aromatic carbocycles. The van der Waals surface area contributed by atoms with Crippen LogP contribution in [0.4, 0.5) is 0 Å². The van der Waals surface area contributed by atoms with Gasteiger partial charge >= 0.3 is 0 Å². The minimum atomic E-state index is 0. The van der Waals surface area contributed by atoms with Crippen molar-refractivity contribution in [3.05, 3.63) is 12.2 Å². The molecule has 2 fully saturated rings. The van der Waals surface area contributed by atoms with Crippen LogP contribution in [0, 0.1) is 5.92 Å². The van der Waals surface area contributed by atoms with Gasteiger partial charge in [0.15, 0.2) is 5.82 Å². The summed E-state index contributed by atoms with van der Waals surface area (Å²) in [5.74, 6) is 1.53. The van der Waals surface area contributed by atoms with E-state index in [9.17, 15) is 0 Å². The summed E-state index contributed by atoms with van der Waals surface area (Å²) in [5, 5.41) is 7.37. The summed E-state index contributed by atoms with van der Waals surface area (Å²) in [6.45, 7) is 5.83. The maximum atomic E-state index is 5.55. The topological polar surface area (TPSA) is 63.4 Å². The van der Waals surface area contributed by atoms with Gasteiger partial charge in [-0.3, -0.25) is 4.90 Å². The van der Waals surface area contributed by atoms with E-state index in [2.05, 4.69) is 20.4 Å². The summed E-state index contributed by atoms with van der Waals surface area (Å²) in [6.07, 6.45) is 3.92. The number of rotatable bonds is 3. The Labute approximate surface area is 119 Å². The van der Waals surface area contributed by atoms with Gasteiger partial charge < -0.3 is 14.6 Å². The summed E-state index contributed by atoms with van der Waals surface area (Å²) in [6, 6.07) is 0.160. The predicted octanol–water partition coefficient (Wildman–Crippen LogP) is 0.864. The Morgan fingerprint density at radius 3 is 2.95 bits per heavy atom. The van der Waals surface area contributed by atoms with Crippen LogP contribution >= 0.6 is 12.4 Å². The van der Waals surface area contributed by atoms with Crippen molar-refractivity contribution in [1.29, 1.82) is 0 Å². The molecule has 1 atom stereocenters. The number of hydrogen-bond donors (Lipinski definition) is 1. The van der Waals surface area contributed by atoms with Gasteiger partial charge in [-0.1, -0.05) is 5.16 Å². The number of hydrogen-bond acceptors (Lipinski definition) is 6. The third-order valence-corrected chi connectivity index (χ3v) is 3.87. The van der Waals surface area contributed by atoms with Crippen LogP contribution in [-0.2, 0) is 4.74 Å². The van der Waals surface area contributed by atoms with Gasteiger partial charge in [-0.25, -0.2) is 0 Å². The highest BCUT2D eigenvalue weighted by Gasteiger charge is 2.29. The summed E-state index contributed by atoms with van der Waals surface area (Å²) in [5.41, 5.74) is 0. The molecule has 3 rings (SSSR count). The quantitative estimate of drug-likeness (QED) is 0.890. The largest absolute Gasteiger partial charge is 0.378 e. The van der Waals surface area contributed by atoms with E-state index in [0.29, 0.717) is 6.61 Å². The van der Waals surface area contributed by atoms with Crippen LogP contribution in [0.1, 0.15) is 24.7 Å². The Bertz CT molecular complexity index is 357. The van der Waals surface area contributed by atoms with Gasteiger partial charge in [0.25, 0.3) is 0 Å². The molecule has 19 heavy (non-hydrogen) atoms. The lowest BCUT2D eigenvalue weighted by atomic mass is 9.96. The Hall–Kier alpha value is -0.690. The smallest absolute Gasteiger partial charge is 0.213 e. The van der Waals surface area contributed by atoms with Gasteiger partial charge in [0, 0.05) is 13.1 Å². The normalized spacial score (nSPS) is 26.0. The van der Waals surface area contributed by atoms with Crippen molar-refractivity contribution in [3.8, 4) is 0 Å². The predicted molar refractivity (Wildman–Crippen MR) is 72.3 cm³/mol. The molecule has 7 heteroatoms. The van der Waals surface area contributed by atoms with Gasteiger partial charge in [0.2, 0.25) is 6.39 Å². The maximum Gasteiger partial charge on any atom is 0.213 e. The minimum Gasteiger partial charge on any atom is -0.378 e. The molecule has 0 bridgehead atoms. The summed E-state index contributed by atoms with van der Waals surface area (Å²) in [4.78, 5) is 6.62. The number of morpholine rings is 1. The molecule has 2 aliphatic heterocycles. The Kier molecular flexibility index (Phi) is 5.57. The zero-order chi connectivity index (χ0) is 12.2. The van der Waals surface area contributed by atoms with E-state index in [-0.39, 0.29) is 18.4 Å². The van der Waals surface area contributed by atoms with Crippen molar-refractivity contribution >= 4 is 12.4 Å². The second kappa shape index (κ2) is 7.19. The molecular formula is C12H21ClN4O2. The number of ether oxygens (including phenoxy) is 1. The highest BCUT2D eigenvalue weighted by molar-refractivity contribution is 5.85. The molecule has 108 valence electrons. The van der Waals surface area contributed by atoms with Gasteiger partial charge in [0.05, 0.1) is 19.3 Å². The summed E-state index contributed by atoms with van der Waals surface area (Å²) in [7, 11) is 0. The molecule has 1 N–H and O–H groups in total. The zero-order valence-electron chi connectivity index (χ0n) is 11.0. The molecule has 0 saturated carbocycles. The van der Waals surface area contributed by atoms with E-state index in [0.717, 1.165) is 44.5 Å². The van der Waals surface area contributed by atoms with E-state index < -0.39 is 0 Å². The van der Waals surface area contributed by atoms with Crippen LogP contribution < -0.4 is 5.32 Å². The molecule has 6 nitrogen and oxygen atoms in total. The monoisotopic (exact) mass is 288 g/mol. The summed E-state index contributed by atoms with van der Waals surface area (Å²) < 4.78 is 10.4. The van der Waals surface area contributed by atoms with Crippen molar-refractivity contribution < 1.29 is 9.26 Å². The molecule has 0 aliphatic carbocycles. The third kappa shape index (κ3) is 3.66. The van der Waals surface area contributed by atoms with Crippen LogP contribution in [0.25, 0.3) is 0 Å². The zero-order valence-corrected chi connectivity index (χ0v) is 11.8. The SMILES string of the molecule is Cl.c1nc(C2COCCN2CC2CCNCC2)no1. The second-order valence-corrected chi connectivity index (χ2v) is 5.07. The Balaban J connectivity index is 0.00000133. The fourth-order valence-electron chi connectivity index (χ4n) is 2.82. The van der Waals surface area contributed by atoms with E-state index >= 15 is 0 Å². The molecule has 2 saturated heterocycles. The maximum absolute atomic E-state index is 5.55. The van der Waals surface area contributed by atoms with Crippen molar-refractivity contribution in [2.45, 2.75) is 18.9 Å². The van der Waals surface area contributed by atoms with Gasteiger partial charge in [-0.15, -0.1) is 12.4 Å². The number of nitrogens with one attached hydrogen (secondary N) is 1. The molecule has 3 heterocycles. The second-order valence-electron chi connectivity index (χ2n) is 5.07. The van der Waals surface area contributed by atoms with Crippen molar-refractivity contribution in [2.24, 2.45) is 5.92 Å². The van der Waals surface area contributed by atoms with Crippen LogP contribution in [0.2, 0.25) is 0 Å². The average Bonchev–Trinajstić information content (AvgIpc) is 2.94. The minimum absolute atomic E-state index is 0. The third-order valence-electron chi connectivity index (χ3n) is 3.87. The summed E-state index contributed by atoms with van der Waals surface area (Å²) >= 11 is 0. The van der Waals surface area contributed by atoms with Crippen LogP contribution in [0.3, 0.4) is 0 Å². The fraction of sp³-hybridized carbons (Fsp3) is 0.833. The van der Waals surface area contributed by atoms with Gasteiger partial charge in [-0.05, 0) is 31.8 Å². The van der Waals surface area contributed by atoms with E-state index in [4.69, 9.17) is 9.26 Å². The van der Waals surface area contributed by atoms with Gasteiger partial charge in [-0.2, -0.15) is 4.98 Å². The number of piperidine rings is 1.